The van der Waals surface area contributed by atoms with Crippen LogP contribution in [-0.2, 0) is 11.3 Å². The summed E-state index contributed by atoms with van der Waals surface area (Å²) in [5, 5.41) is 5.60. The summed E-state index contributed by atoms with van der Waals surface area (Å²) in [6.45, 7) is 6.25. The van der Waals surface area contributed by atoms with Gasteiger partial charge in [0, 0.05) is 10.9 Å². The smallest absolute Gasteiger partial charge is 0.0816 e. The first-order valence-electron chi connectivity index (χ1n) is 6.60. The molecule has 0 unspecified atom stereocenters. The van der Waals surface area contributed by atoms with E-state index in [-0.39, 0.29) is 5.60 Å². The number of ether oxygens (including phenoxy) is 1. The largest absolute Gasteiger partial charge is 0.369 e. The van der Waals surface area contributed by atoms with Gasteiger partial charge in [-0.3, -0.25) is 0 Å². The molecule has 17 heavy (non-hydrogen) atoms. The minimum Gasteiger partial charge on any atom is -0.369 e. The Morgan fingerprint density at radius 2 is 2.29 bits per heavy atom. The summed E-state index contributed by atoms with van der Waals surface area (Å²) in [5.41, 5.74) is 0.172. The van der Waals surface area contributed by atoms with Crippen molar-refractivity contribution in [1.29, 1.82) is 0 Å². The third kappa shape index (κ3) is 3.80. The first-order chi connectivity index (χ1) is 8.20. The minimum absolute atomic E-state index is 0.172. The highest BCUT2D eigenvalue weighted by atomic mass is 32.1. The molecule has 0 bridgehead atoms. The molecule has 1 N–H and O–H groups in total. The van der Waals surface area contributed by atoms with Crippen LogP contribution in [0.1, 0.15) is 44.4 Å². The quantitative estimate of drug-likeness (QED) is 0.802. The summed E-state index contributed by atoms with van der Waals surface area (Å²) < 4.78 is 6.16. The predicted octanol–water partition coefficient (Wildman–Crippen LogP) is 3.58. The Kier molecular flexibility index (Phi) is 4.60. The van der Waals surface area contributed by atoms with Gasteiger partial charge in [0.2, 0.25) is 0 Å². The van der Waals surface area contributed by atoms with Crippen LogP contribution in [0.25, 0.3) is 0 Å². The van der Waals surface area contributed by atoms with E-state index in [1.54, 1.807) is 11.3 Å². The van der Waals surface area contributed by atoms with E-state index in [0.29, 0.717) is 6.04 Å². The zero-order valence-electron chi connectivity index (χ0n) is 10.9. The zero-order chi connectivity index (χ0) is 12.1. The number of nitrogens with one attached hydrogen (secondary N) is 1. The Morgan fingerprint density at radius 1 is 1.47 bits per heavy atom. The molecule has 96 valence electrons. The average molecular weight is 253 g/mol. The molecule has 0 atom stereocenters. The second kappa shape index (κ2) is 5.98. The molecular formula is C14H23NOS. The van der Waals surface area contributed by atoms with Crippen molar-refractivity contribution in [2.45, 2.75) is 57.8 Å². The monoisotopic (exact) mass is 253 g/mol. The lowest BCUT2D eigenvalue weighted by Crippen LogP contribution is -2.43. The summed E-state index contributed by atoms with van der Waals surface area (Å²) in [6, 6.07) is 4.82. The second-order valence-corrected chi connectivity index (χ2v) is 6.30. The molecule has 1 saturated carbocycles. The van der Waals surface area contributed by atoms with Crippen LogP contribution in [0, 0.1) is 0 Å². The molecule has 0 saturated heterocycles. The molecule has 0 radical (unpaired) electrons. The maximum absolute atomic E-state index is 6.16. The van der Waals surface area contributed by atoms with Crippen LogP contribution in [0.15, 0.2) is 17.5 Å². The summed E-state index contributed by atoms with van der Waals surface area (Å²) in [7, 11) is 0. The Morgan fingerprint density at radius 3 is 2.82 bits per heavy atom. The van der Waals surface area contributed by atoms with Gasteiger partial charge in [-0.2, -0.15) is 0 Å². The molecule has 0 spiro atoms. The van der Waals surface area contributed by atoms with E-state index in [0.717, 1.165) is 19.6 Å². The van der Waals surface area contributed by atoms with E-state index >= 15 is 0 Å². The van der Waals surface area contributed by atoms with Crippen molar-refractivity contribution >= 4 is 11.3 Å². The SMILES string of the molecule is CC(C)NCCC1(OCc2cccs2)CCC1. The standard InChI is InChI=1S/C14H23NOS/c1-12(2)15-9-8-14(6-4-7-14)16-11-13-5-3-10-17-13/h3,5,10,12,15H,4,6-9,11H2,1-2H3. The van der Waals surface area contributed by atoms with E-state index < -0.39 is 0 Å². The van der Waals surface area contributed by atoms with Gasteiger partial charge in [-0.25, -0.2) is 0 Å². The zero-order valence-corrected chi connectivity index (χ0v) is 11.7. The molecule has 2 rings (SSSR count). The van der Waals surface area contributed by atoms with Crippen LogP contribution in [0.3, 0.4) is 0 Å². The third-order valence-corrected chi connectivity index (χ3v) is 4.35. The highest BCUT2D eigenvalue weighted by Gasteiger charge is 2.37. The van der Waals surface area contributed by atoms with Crippen molar-refractivity contribution in [1.82, 2.24) is 5.32 Å². The van der Waals surface area contributed by atoms with Gasteiger partial charge in [0.15, 0.2) is 0 Å². The van der Waals surface area contributed by atoms with Crippen LogP contribution in [0.2, 0.25) is 0 Å². The second-order valence-electron chi connectivity index (χ2n) is 5.26. The van der Waals surface area contributed by atoms with E-state index in [9.17, 15) is 0 Å². The van der Waals surface area contributed by atoms with Crippen LogP contribution >= 0.6 is 11.3 Å². The molecule has 1 aromatic rings. The molecule has 3 heteroatoms. The highest BCUT2D eigenvalue weighted by Crippen LogP contribution is 2.39. The van der Waals surface area contributed by atoms with Gasteiger partial charge >= 0.3 is 0 Å². The van der Waals surface area contributed by atoms with Crippen LogP contribution < -0.4 is 5.32 Å². The summed E-state index contributed by atoms with van der Waals surface area (Å²) in [6.07, 6.45) is 4.94. The molecule has 1 aromatic heterocycles. The van der Waals surface area contributed by atoms with E-state index in [2.05, 4.69) is 36.7 Å². The topological polar surface area (TPSA) is 21.3 Å². The molecular weight excluding hydrogens is 230 g/mol. The highest BCUT2D eigenvalue weighted by molar-refractivity contribution is 7.09. The van der Waals surface area contributed by atoms with Crippen LogP contribution in [-0.4, -0.2) is 18.2 Å². The van der Waals surface area contributed by atoms with E-state index in [4.69, 9.17) is 4.74 Å². The van der Waals surface area contributed by atoms with Crippen molar-refractivity contribution < 1.29 is 4.74 Å². The van der Waals surface area contributed by atoms with Crippen LogP contribution in [0.5, 0.6) is 0 Å². The molecule has 0 amide bonds. The summed E-state index contributed by atoms with van der Waals surface area (Å²) >= 11 is 1.79. The van der Waals surface area contributed by atoms with E-state index in [1.165, 1.54) is 24.1 Å². The maximum Gasteiger partial charge on any atom is 0.0816 e. The predicted molar refractivity (Wildman–Crippen MR) is 73.4 cm³/mol. The molecule has 1 heterocycles. The average Bonchev–Trinajstić information content (AvgIpc) is 2.73. The Labute approximate surface area is 108 Å². The Balaban J connectivity index is 1.74. The lowest BCUT2D eigenvalue weighted by molar-refractivity contribution is -0.113. The number of thiophene rings is 1. The summed E-state index contributed by atoms with van der Waals surface area (Å²) in [4.78, 5) is 1.34. The maximum atomic E-state index is 6.16. The van der Waals surface area contributed by atoms with Gasteiger partial charge < -0.3 is 10.1 Å². The van der Waals surface area contributed by atoms with Gasteiger partial charge in [0.1, 0.15) is 0 Å². The van der Waals surface area contributed by atoms with Crippen molar-refractivity contribution in [3.8, 4) is 0 Å². The first-order valence-corrected chi connectivity index (χ1v) is 7.48. The fraction of sp³-hybridized carbons (Fsp3) is 0.714. The van der Waals surface area contributed by atoms with Crippen molar-refractivity contribution in [2.24, 2.45) is 0 Å². The van der Waals surface area contributed by atoms with Crippen molar-refractivity contribution in [3.63, 3.8) is 0 Å². The molecule has 1 fully saturated rings. The molecule has 2 nitrogen and oxygen atoms in total. The number of hydrogen-bond acceptors (Lipinski definition) is 3. The van der Waals surface area contributed by atoms with Gasteiger partial charge in [-0.1, -0.05) is 19.9 Å². The van der Waals surface area contributed by atoms with Gasteiger partial charge in [0.25, 0.3) is 0 Å². The molecule has 1 aliphatic carbocycles. The number of hydrogen-bond donors (Lipinski definition) is 1. The van der Waals surface area contributed by atoms with Gasteiger partial charge in [0.05, 0.1) is 12.2 Å². The van der Waals surface area contributed by atoms with Crippen LogP contribution in [0.4, 0.5) is 0 Å². The molecule has 1 aliphatic rings. The van der Waals surface area contributed by atoms with Gasteiger partial charge in [-0.15, -0.1) is 11.3 Å². The fourth-order valence-electron chi connectivity index (χ4n) is 2.25. The lowest BCUT2D eigenvalue weighted by Gasteiger charge is -2.42. The lowest BCUT2D eigenvalue weighted by atomic mass is 9.77. The number of rotatable bonds is 7. The molecule has 0 aliphatic heterocycles. The first kappa shape index (κ1) is 13.1. The molecule has 0 aromatic carbocycles. The van der Waals surface area contributed by atoms with Crippen molar-refractivity contribution in [3.05, 3.63) is 22.4 Å². The normalized spacial score (nSPS) is 18.3. The Hall–Kier alpha value is -0.380. The Bertz CT molecular complexity index is 317. The summed E-state index contributed by atoms with van der Waals surface area (Å²) in [5.74, 6) is 0. The fourth-order valence-corrected chi connectivity index (χ4v) is 2.86. The third-order valence-electron chi connectivity index (χ3n) is 3.50. The minimum atomic E-state index is 0.172. The van der Waals surface area contributed by atoms with E-state index in [1.807, 2.05) is 0 Å². The van der Waals surface area contributed by atoms with Gasteiger partial charge in [-0.05, 0) is 43.7 Å². The van der Waals surface area contributed by atoms with Crippen molar-refractivity contribution in [2.75, 3.05) is 6.54 Å².